The van der Waals surface area contributed by atoms with E-state index in [1.165, 1.54) is 0 Å². The zero-order valence-corrected chi connectivity index (χ0v) is 9.31. The van der Waals surface area contributed by atoms with Gasteiger partial charge in [0, 0.05) is 0 Å². The average molecular weight is 273 g/mol. The van der Waals surface area contributed by atoms with Gasteiger partial charge in [-0.05, 0) is 0 Å². The molecule has 100 valence electrons. The molecule has 0 aromatic rings. The van der Waals surface area contributed by atoms with Crippen LogP contribution in [0.3, 0.4) is 0 Å². The lowest BCUT2D eigenvalue weighted by atomic mass is 11.0. The molecular formula is C4H21Cl2F7. The highest BCUT2D eigenvalue weighted by molar-refractivity contribution is 5.85. The predicted octanol–water partition coefficient (Wildman–Crippen LogP) is 3.96. The van der Waals surface area contributed by atoms with Gasteiger partial charge in [0.2, 0.25) is 0 Å². The molecule has 13 heavy (non-hydrogen) atoms. The number of hydrogen-bond acceptors (Lipinski definition) is 0. The summed E-state index contributed by atoms with van der Waals surface area (Å²) in [5, 5.41) is 0. The molecule has 0 N–H and O–H groups in total. The van der Waals surface area contributed by atoms with E-state index in [-0.39, 0.29) is 57.7 Å². The summed E-state index contributed by atoms with van der Waals surface area (Å²) in [6.45, 7) is 8.00. The molecule has 0 atom stereocenters. The van der Waals surface area contributed by atoms with Crippen molar-refractivity contribution in [1.82, 2.24) is 0 Å². The Labute approximate surface area is 86.2 Å². The van der Waals surface area contributed by atoms with E-state index in [1.54, 1.807) is 0 Å². The van der Waals surface area contributed by atoms with Crippen molar-refractivity contribution in [2.24, 2.45) is 0 Å². The van der Waals surface area contributed by atoms with Crippen LogP contribution in [-0.4, -0.2) is 0 Å². The molecule has 0 nitrogen and oxygen atoms in total. The van der Waals surface area contributed by atoms with Gasteiger partial charge in [-0.1, -0.05) is 27.7 Å². The number of hydrogen-bond donors (Lipinski definition) is 0. The maximum atomic E-state index is 2.00. The first-order valence-corrected chi connectivity index (χ1v) is 2.00. The van der Waals surface area contributed by atoms with E-state index in [2.05, 4.69) is 0 Å². The second-order valence-electron chi connectivity index (χ2n) is 0. The molecule has 0 bridgehead atoms. The van der Waals surface area contributed by atoms with Crippen LogP contribution in [0.25, 0.3) is 0 Å². The van der Waals surface area contributed by atoms with Gasteiger partial charge in [0.25, 0.3) is 0 Å². The van der Waals surface area contributed by atoms with E-state index in [9.17, 15) is 0 Å². The van der Waals surface area contributed by atoms with Crippen LogP contribution < -0.4 is 0 Å². The standard InChI is InChI=1S/2C2H6.2ClH.7FH/c2*1-2;;;;;;;;;/h2*1-2H3;9*1H. The lowest BCUT2D eigenvalue weighted by Gasteiger charge is -1.07. The summed E-state index contributed by atoms with van der Waals surface area (Å²) in [5.74, 6) is 0. The maximum Gasteiger partial charge on any atom is -0.0683 e. The van der Waals surface area contributed by atoms with Crippen LogP contribution in [0.15, 0.2) is 0 Å². The normalized spacial score (nSPS) is 0.923. The van der Waals surface area contributed by atoms with E-state index < -0.39 is 0 Å². The summed E-state index contributed by atoms with van der Waals surface area (Å²) in [6, 6.07) is 0. The fourth-order valence-electron chi connectivity index (χ4n) is 0. The maximum absolute atomic E-state index is 2.00. The van der Waals surface area contributed by atoms with Crippen LogP contribution in [-0.2, 0) is 0 Å². The topological polar surface area (TPSA) is 0 Å². The van der Waals surface area contributed by atoms with Crippen molar-refractivity contribution in [3.05, 3.63) is 0 Å². The van der Waals surface area contributed by atoms with Crippen molar-refractivity contribution in [3.8, 4) is 0 Å². The first-order valence-electron chi connectivity index (χ1n) is 2.00. The second kappa shape index (κ2) is 184000. The molecule has 0 aromatic heterocycles. The first kappa shape index (κ1) is 438. The Kier molecular flexibility index (Phi) is 6190000. The van der Waals surface area contributed by atoms with Gasteiger partial charge in [-0.15, -0.1) is 24.8 Å². The quantitative estimate of drug-likeness (QED) is 0.586. The van der Waals surface area contributed by atoms with Crippen LogP contribution >= 0.6 is 24.8 Å². The fourth-order valence-corrected chi connectivity index (χ4v) is 0. The fraction of sp³-hybridized carbons (Fsp3) is 1.00. The van der Waals surface area contributed by atoms with E-state index >= 15 is 0 Å². The summed E-state index contributed by atoms with van der Waals surface area (Å²) in [5.41, 5.74) is 0. The lowest BCUT2D eigenvalue weighted by Crippen LogP contribution is -0.856. The Morgan fingerprint density at radius 1 is 0.308 bits per heavy atom. The molecule has 9 heteroatoms. The third kappa shape index (κ3) is 152000. The van der Waals surface area contributed by atoms with Crippen molar-refractivity contribution in [1.29, 1.82) is 0 Å². The van der Waals surface area contributed by atoms with Gasteiger partial charge in [-0.3, -0.25) is 32.9 Å². The Balaban J connectivity index is -0.000000000404. The van der Waals surface area contributed by atoms with Crippen LogP contribution in [0.5, 0.6) is 0 Å². The summed E-state index contributed by atoms with van der Waals surface area (Å²) in [6.07, 6.45) is 0. The van der Waals surface area contributed by atoms with Gasteiger partial charge >= 0.3 is 0 Å². The van der Waals surface area contributed by atoms with Gasteiger partial charge in [0.15, 0.2) is 0 Å². The first-order chi connectivity index (χ1) is 2.00. The Hall–Kier alpha value is 0.0900. The number of halogens is 9. The van der Waals surface area contributed by atoms with Gasteiger partial charge in [-0.2, -0.15) is 0 Å². The monoisotopic (exact) mass is 272 g/mol. The molecular weight excluding hydrogens is 252 g/mol. The summed E-state index contributed by atoms with van der Waals surface area (Å²) >= 11 is 0. The molecule has 0 saturated carbocycles. The molecule has 0 aromatic carbocycles. The average Bonchev–Trinajstić information content (AvgIpc) is 1.50. The minimum absolute atomic E-state index is 0. The Morgan fingerprint density at radius 3 is 0.308 bits per heavy atom. The molecule has 0 rings (SSSR count). The van der Waals surface area contributed by atoms with Gasteiger partial charge in [0.1, 0.15) is 0 Å². The highest BCUT2D eigenvalue weighted by atomic mass is 35.5. The Morgan fingerprint density at radius 2 is 0.308 bits per heavy atom. The molecule has 0 saturated heterocycles. The summed E-state index contributed by atoms with van der Waals surface area (Å²) in [4.78, 5) is 0. The van der Waals surface area contributed by atoms with Gasteiger partial charge in [0.05, 0.1) is 0 Å². The van der Waals surface area contributed by atoms with Crippen molar-refractivity contribution < 1.29 is 32.9 Å². The molecule has 0 amide bonds. The largest absolute Gasteiger partial charge is 0.269 e. The smallest absolute Gasteiger partial charge is 0.0683 e. The van der Waals surface area contributed by atoms with E-state index in [0.717, 1.165) is 0 Å². The minimum atomic E-state index is 0. The third-order valence-electron chi connectivity index (χ3n) is 0. The van der Waals surface area contributed by atoms with Crippen LogP contribution in [0.2, 0.25) is 0 Å². The zero-order valence-electron chi connectivity index (χ0n) is 7.67. The van der Waals surface area contributed by atoms with Gasteiger partial charge < -0.3 is 0 Å². The van der Waals surface area contributed by atoms with Crippen LogP contribution in [0.1, 0.15) is 27.7 Å². The second-order valence-corrected chi connectivity index (χ2v) is 0. The van der Waals surface area contributed by atoms with Crippen molar-refractivity contribution in [2.45, 2.75) is 27.7 Å². The summed E-state index contributed by atoms with van der Waals surface area (Å²) < 4.78 is 0. The molecule has 0 unspecified atom stereocenters. The highest BCUT2D eigenvalue weighted by Crippen LogP contribution is 1.15. The summed E-state index contributed by atoms with van der Waals surface area (Å²) in [7, 11) is 0. The van der Waals surface area contributed by atoms with Crippen molar-refractivity contribution in [2.75, 3.05) is 0 Å². The Bertz CT molecular complexity index is 18.5. The van der Waals surface area contributed by atoms with Crippen LogP contribution in [0.4, 0.5) is 32.9 Å². The number of rotatable bonds is 0. The molecule has 0 aliphatic rings. The van der Waals surface area contributed by atoms with Crippen molar-refractivity contribution >= 4 is 24.8 Å². The van der Waals surface area contributed by atoms with Crippen molar-refractivity contribution in [3.63, 3.8) is 0 Å². The molecule has 0 aliphatic carbocycles. The molecule has 0 radical (unpaired) electrons. The third-order valence-corrected chi connectivity index (χ3v) is 0. The molecule has 0 aliphatic heterocycles. The highest BCUT2D eigenvalue weighted by Gasteiger charge is 0.934. The molecule has 0 fully saturated rings. The minimum Gasteiger partial charge on any atom is -0.269 e. The van der Waals surface area contributed by atoms with E-state index in [0.29, 0.717) is 0 Å². The van der Waals surface area contributed by atoms with E-state index in [4.69, 9.17) is 0 Å². The predicted molar refractivity (Wildman–Crippen MR) is 54.7 cm³/mol. The van der Waals surface area contributed by atoms with E-state index in [1.807, 2.05) is 27.7 Å². The molecule has 0 spiro atoms. The molecule has 0 heterocycles. The van der Waals surface area contributed by atoms with Gasteiger partial charge in [-0.25, -0.2) is 0 Å². The SMILES string of the molecule is CC.CC.Cl.Cl.F.F.F.F.F.F.F. The lowest BCUT2D eigenvalue weighted by molar-refractivity contribution is 1.11. The van der Waals surface area contributed by atoms with Crippen LogP contribution in [0, 0.1) is 0 Å². The zero-order chi connectivity index (χ0) is 4.00.